The summed E-state index contributed by atoms with van der Waals surface area (Å²) in [6.45, 7) is 4.20. The Morgan fingerprint density at radius 2 is 2.03 bits per heavy atom. The number of quaternary nitrogens is 1. The average molecular weight is 412 g/mol. The number of hydrogen-bond acceptors (Lipinski definition) is 5. The van der Waals surface area contributed by atoms with Gasteiger partial charge in [0.05, 0.1) is 19.0 Å². The van der Waals surface area contributed by atoms with Crippen LogP contribution >= 0.6 is 11.3 Å². The van der Waals surface area contributed by atoms with Crippen LogP contribution in [-0.4, -0.2) is 50.7 Å². The number of nitrogens with zero attached hydrogens (tertiary/aromatic N) is 2. The number of benzene rings is 1. The van der Waals surface area contributed by atoms with Crippen LogP contribution in [0.5, 0.6) is 5.75 Å². The highest BCUT2D eigenvalue weighted by atomic mass is 32.1. The minimum atomic E-state index is 0.00959. The molecular weight excluding hydrogens is 386 g/mol. The molecule has 0 unspecified atom stereocenters. The maximum Gasteiger partial charge on any atom is 0.281 e. The highest BCUT2D eigenvalue weighted by molar-refractivity contribution is 7.14. The summed E-state index contributed by atoms with van der Waals surface area (Å²) in [6.07, 6.45) is 1.94. The third-order valence-electron chi connectivity index (χ3n) is 5.05. The van der Waals surface area contributed by atoms with E-state index in [4.69, 9.17) is 4.74 Å². The maximum atomic E-state index is 12.5. The zero-order valence-electron chi connectivity index (χ0n) is 16.4. The summed E-state index contributed by atoms with van der Waals surface area (Å²) < 4.78 is 5.18. The van der Waals surface area contributed by atoms with Crippen LogP contribution in [0.25, 0.3) is 11.3 Å². The van der Waals surface area contributed by atoms with Crippen molar-refractivity contribution in [3.05, 3.63) is 54.0 Å². The molecule has 0 radical (unpaired) electrons. The molecule has 0 atom stereocenters. The smallest absolute Gasteiger partial charge is 0.281 e. The molecular formula is C21H25N5O2S+2. The van der Waals surface area contributed by atoms with Crippen molar-refractivity contribution >= 4 is 28.2 Å². The predicted molar refractivity (Wildman–Crippen MR) is 114 cm³/mol. The van der Waals surface area contributed by atoms with Gasteiger partial charge in [0, 0.05) is 17.0 Å². The molecule has 1 fully saturated rings. The van der Waals surface area contributed by atoms with Gasteiger partial charge in [-0.05, 0) is 30.3 Å². The lowest BCUT2D eigenvalue weighted by Gasteiger charge is -2.27. The van der Waals surface area contributed by atoms with Crippen LogP contribution in [0, 0.1) is 0 Å². The molecule has 8 heteroatoms. The second kappa shape index (κ2) is 9.02. The fourth-order valence-corrected chi connectivity index (χ4v) is 4.17. The lowest BCUT2D eigenvalue weighted by Crippen LogP contribution is -3.15. The standard InChI is InChI=1S/C21H23N5O2S/c1-28-17-7-5-16(6-8-17)18-15-29-21(23-18)24-20(27)14-25-10-12-26(13-11-25)19-4-2-3-9-22-19/h2-9,15H,10-14H2,1H3,(H,23,24,27)/p+2. The number of aromatic nitrogens is 2. The maximum absolute atomic E-state index is 12.5. The van der Waals surface area contributed by atoms with Crippen molar-refractivity contribution in [2.24, 2.45) is 0 Å². The molecule has 2 aromatic heterocycles. The Bertz CT molecular complexity index is 937. The number of anilines is 2. The second-order valence-electron chi connectivity index (χ2n) is 6.98. The Morgan fingerprint density at radius 3 is 2.72 bits per heavy atom. The number of carbonyl (C=O) groups is 1. The van der Waals surface area contributed by atoms with Gasteiger partial charge in [-0.1, -0.05) is 6.07 Å². The van der Waals surface area contributed by atoms with Crippen molar-refractivity contribution in [2.45, 2.75) is 0 Å². The number of pyridine rings is 1. The first-order valence-electron chi connectivity index (χ1n) is 9.66. The summed E-state index contributed by atoms with van der Waals surface area (Å²) in [5, 5.41) is 5.54. The summed E-state index contributed by atoms with van der Waals surface area (Å²) in [5.41, 5.74) is 1.86. The van der Waals surface area contributed by atoms with E-state index in [-0.39, 0.29) is 5.91 Å². The van der Waals surface area contributed by atoms with E-state index in [0.29, 0.717) is 11.7 Å². The molecule has 0 spiro atoms. The van der Waals surface area contributed by atoms with E-state index in [9.17, 15) is 4.79 Å². The molecule has 0 saturated carbocycles. The largest absolute Gasteiger partial charge is 0.497 e. The monoisotopic (exact) mass is 411 g/mol. The lowest BCUT2D eigenvalue weighted by molar-refractivity contribution is -0.892. The van der Waals surface area contributed by atoms with Crippen LogP contribution in [0.3, 0.4) is 0 Å². The number of H-pyrrole nitrogens is 1. The van der Waals surface area contributed by atoms with Crippen LogP contribution in [0.1, 0.15) is 0 Å². The molecule has 150 valence electrons. The molecule has 0 bridgehead atoms. The molecule has 1 saturated heterocycles. The van der Waals surface area contributed by atoms with Crippen LogP contribution in [-0.2, 0) is 4.79 Å². The van der Waals surface area contributed by atoms with E-state index >= 15 is 0 Å². The number of methoxy groups -OCH3 is 1. The van der Waals surface area contributed by atoms with Crippen molar-refractivity contribution < 1.29 is 19.4 Å². The van der Waals surface area contributed by atoms with Crippen molar-refractivity contribution in [1.29, 1.82) is 0 Å². The lowest BCUT2D eigenvalue weighted by atomic mass is 10.2. The first-order chi connectivity index (χ1) is 14.2. The summed E-state index contributed by atoms with van der Waals surface area (Å²) in [6, 6.07) is 13.8. The SMILES string of the molecule is COc1ccc(-c2csc(NC(=O)C[NH+]3CCN(c4cccc[nH+]4)CC3)n2)cc1. The second-order valence-corrected chi connectivity index (χ2v) is 7.83. The minimum Gasteiger partial charge on any atom is -0.497 e. The Labute approximate surface area is 174 Å². The van der Waals surface area contributed by atoms with Gasteiger partial charge < -0.3 is 9.64 Å². The number of hydrogen-bond donors (Lipinski definition) is 2. The molecule has 7 nitrogen and oxygen atoms in total. The topological polar surface area (TPSA) is 73.0 Å². The summed E-state index contributed by atoms with van der Waals surface area (Å²) in [7, 11) is 1.65. The highest BCUT2D eigenvalue weighted by Crippen LogP contribution is 2.26. The van der Waals surface area contributed by atoms with Crippen molar-refractivity contribution in [1.82, 2.24) is 4.98 Å². The molecule has 3 aromatic rings. The van der Waals surface area contributed by atoms with Crippen molar-refractivity contribution in [3.8, 4) is 17.0 Å². The fraction of sp³-hybridized carbons (Fsp3) is 0.286. The van der Waals surface area contributed by atoms with Gasteiger partial charge in [0.2, 0.25) is 0 Å². The third kappa shape index (κ3) is 4.90. The number of carbonyl (C=O) groups excluding carboxylic acids is 1. The Hall–Kier alpha value is -2.97. The van der Waals surface area contributed by atoms with Crippen molar-refractivity contribution in [2.75, 3.05) is 50.1 Å². The average Bonchev–Trinajstić information content (AvgIpc) is 3.23. The van der Waals surface area contributed by atoms with E-state index < -0.39 is 0 Å². The van der Waals surface area contributed by atoms with E-state index in [2.05, 4.69) is 26.3 Å². The Kier molecular flexibility index (Phi) is 6.02. The fourth-order valence-electron chi connectivity index (χ4n) is 3.44. The Morgan fingerprint density at radius 1 is 1.24 bits per heavy atom. The van der Waals surface area contributed by atoms with E-state index in [1.807, 2.05) is 48.0 Å². The van der Waals surface area contributed by atoms with Crippen LogP contribution < -0.4 is 24.8 Å². The van der Waals surface area contributed by atoms with Crippen LogP contribution in [0.2, 0.25) is 0 Å². The molecule has 4 rings (SSSR count). The molecule has 1 aromatic carbocycles. The van der Waals surface area contributed by atoms with Gasteiger partial charge in [-0.15, -0.1) is 11.3 Å². The molecule has 1 aliphatic rings. The third-order valence-corrected chi connectivity index (χ3v) is 5.81. The molecule has 3 N–H and O–H groups in total. The first-order valence-corrected chi connectivity index (χ1v) is 10.5. The van der Waals surface area contributed by atoms with Crippen LogP contribution in [0.4, 0.5) is 10.9 Å². The van der Waals surface area contributed by atoms with E-state index in [0.717, 1.165) is 49.0 Å². The van der Waals surface area contributed by atoms with Gasteiger partial charge in [0.15, 0.2) is 11.7 Å². The van der Waals surface area contributed by atoms with Gasteiger partial charge in [-0.3, -0.25) is 15.0 Å². The van der Waals surface area contributed by atoms with E-state index in [1.54, 1.807) is 7.11 Å². The summed E-state index contributed by atoms with van der Waals surface area (Å²) in [5.74, 6) is 1.95. The number of thiazole rings is 1. The number of piperazine rings is 1. The van der Waals surface area contributed by atoms with Crippen molar-refractivity contribution in [3.63, 3.8) is 0 Å². The van der Waals surface area contributed by atoms with Gasteiger partial charge in [0.1, 0.15) is 31.9 Å². The minimum absolute atomic E-state index is 0.00959. The Balaban J connectivity index is 1.27. The molecule has 3 heterocycles. The van der Waals surface area contributed by atoms with Gasteiger partial charge in [-0.2, -0.15) is 0 Å². The first kappa shape index (κ1) is 19.4. The highest BCUT2D eigenvalue weighted by Gasteiger charge is 2.27. The summed E-state index contributed by atoms with van der Waals surface area (Å²) >= 11 is 1.45. The molecule has 1 aliphatic heterocycles. The predicted octanol–water partition coefficient (Wildman–Crippen LogP) is 0.976. The zero-order valence-corrected chi connectivity index (χ0v) is 17.2. The zero-order chi connectivity index (χ0) is 20.1. The normalized spacial score (nSPS) is 14.6. The molecule has 29 heavy (non-hydrogen) atoms. The molecule has 0 aliphatic carbocycles. The number of aromatic amines is 1. The van der Waals surface area contributed by atoms with E-state index in [1.165, 1.54) is 16.2 Å². The number of amides is 1. The van der Waals surface area contributed by atoms with Crippen LogP contribution in [0.15, 0.2) is 54.0 Å². The quantitative estimate of drug-likeness (QED) is 0.634. The number of nitrogens with one attached hydrogen (secondary N) is 3. The summed E-state index contributed by atoms with van der Waals surface area (Å²) in [4.78, 5) is 23.9. The number of ether oxygens (including phenoxy) is 1. The van der Waals surface area contributed by atoms with Gasteiger partial charge >= 0.3 is 0 Å². The number of rotatable bonds is 6. The van der Waals surface area contributed by atoms with Gasteiger partial charge in [0.25, 0.3) is 11.7 Å². The molecule has 1 amide bonds. The van der Waals surface area contributed by atoms with Gasteiger partial charge in [-0.25, -0.2) is 9.97 Å².